The molecule has 6 nitrogen and oxygen atoms in total. The Bertz CT molecular complexity index is 1310. The number of halogens is 1. The van der Waals surface area contributed by atoms with Gasteiger partial charge >= 0.3 is 5.97 Å². The number of esters is 1. The summed E-state index contributed by atoms with van der Waals surface area (Å²) in [5, 5.41) is 1.81. The number of likely N-dealkylation sites (tertiary alicyclic amines) is 1. The minimum atomic E-state index is -0.604. The number of carbonyl (C=O) groups excluding carboxylic acids is 2. The molecule has 0 aliphatic carbocycles. The second-order valence-corrected chi connectivity index (χ2v) is 7.64. The van der Waals surface area contributed by atoms with Crippen molar-refractivity contribution in [3.05, 3.63) is 66.1 Å². The fraction of sp³-hybridized carbons (Fsp3) is 0.208. The SMILES string of the molecule is COC(=O)C1CCCN1C(=O)c1cc2c([nH]c3ccccc32)c(-c2ccc(F)cc2)n1. The molecule has 3 heterocycles. The van der Waals surface area contributed by atoms with Gasteiger partial charge in [0.25, 0.3) is 5.91 Å². The largest absolute Gasteiger partial charge is 0.467 e. The molecule has 1 N–H and O–H groups in total. The quantitative estimate of drug-likeness (QED) is 0.505. The number of fused-ring (bicyclic) bond motifs is 3. The second-order valence-electron chi connectivity index (χ2n) is 7.64. The van der Waals surface area contributed by atoms with Crippen LogP contribution < -0.4 is 0 Å². The maximum Gasteiger partial charge on any atom is 0.328 e. The number of carbonyl (C=O) groups is 2. The number of rotatable bonds is 3. The number of pyridine rings is 1. The molecule has 31 heavy (non-hydrogen) atoms. The van der Waals surface area contributed by atoms with Crippen LogP contribution in [0.3, 0.4) is 0 Å². The Morgan fingerprint density at radius 1 is 1.13 bits per heavy atom. The minimum Gasteiger partial charge on any atom is -0.467 e. The predicted molar refractivity (Wildman–Crippen MR) is 115 cm³/mol. The number of aromatic nitrogens is 2. The van der Waals surface area contributed by atoms with Crippen LogP contribution in [0.5, 0.6) is 0 Å². The smallest absolute Gasteiger partial charge is 0.328 e. The van der Waals surface area contributed by atoms with Crippen molar-refractivity contribution >= 4 is 33.7 Å². The molecule has 0 bridgehead atoms. The number of nitrogens with one attached hydrogen (secondary N) is 1. The van der Waals surface area contributed by atoms with Crippen molar-refractivity contribution in [1.82, 2.24) is 14.9 Å². The number of hydrogen-bond donors (Lipinski definition) is 1. The Morgan fingerprint density at radius 2 is 1.90 bits per heavy atom. The first kappa shape index (κ1) is 19.2. The van der Waals surface area contributed by atoms with E-state index in [-0.39, 0.29) is 17.4 Å². The lowest BCUT2D eigenvalue weighted by molar-refractivity contribution is -0.145. The molecular weight excluding hydrogens is 397 g/mol. The van der Waals surface area contributed by atoms with Gasteiger partial charge in [-0.05, 0) is 49.2 Å². The normalized spacial score (nSPS) is 16.2. The third-order valence-electron chi connectivity index (χ3n) is 5.82. The van der Waals surface area contributed by atoms with Crippen molar-refractivity contribution in [1.29, 1.82) is 0 Å². The van der Waals surface area contributed by atoms with E-state index in [1.54, 1.807) is 18.2 Å². The number of hydrogen-bond acceptors (Lipinski definition) is 4. The number of nitrogens with zero attached hydrogens (tertiary/aromatic N) is 2. The van der Waals surface area contributed by atoms with Gasteiger partial charge in [-0.15, -0.1) is 0 Å². The van der Waals surface area contributed by atoms with E-state index in [4.69, 9.17) is 4.74 Å². The topological polar surface area (TPSA) is 75.3 Å². The number of aromatic amines is 1. The molecule has 2 aromatic carbocycles. The molecule has 1 unspecified atom stereocenters. The van der Waals surface area contributed by atoms with E-state index in [1.165, 1.54) is 24.1 Å². The van der Waals surface area contributed by atoms with Gasteiger partial charge in [0.2, 0.25) is 0 Å². The Hall–Kier alpha value is -3.74. The molecule has 2 aromatic heterocycles. The lowest BCUT2D eigenvalue weighted by atomic mass is 10.1. The van der Waals surface area contributed by atoms with Crippen LogP contribution in [0.2, 0.25) is 0 Å². The number of benzene rings is 2. The average molecular weight is 417 g/mol. The standard InChI is InChI=1S/C24H20FN3O3/c1-31-24(30)20-7-4-12-28(20)23(29)19-13-17-16-5-2-3-6-18(16)26-22(17)21(27-19)14-8-10-15(25)11-9-14/h2-3,5-6,8-11,13,20,26H,4,7,12H2,1H3. The average Bonchev–Trinajstić information content (AvgIpc) is 3.43. The molecule has 1 amide bonds. The van der Waals surface area contributed by atoms with Crippen LogP contribution in [-0.4, -0.2) is 46.4 Å². The first-order valence-electron chi connectivity index (χ1n) is 10.1. The monoisotopic (exact) mass is 417 g/mol. The third-order valence-corrected chi connectivity index (χ3v) is 5.82. The zero-order valence-corrected chi connectivity index (χ0v) is 16.9. The summed E-state index contributed by atoms with van der Waals surface area (Å²) >= 11 is 0. The zero-order chi connectivity index (χ0) is 21.5. The highest BCUT2D eigenvalue weighted by atomic mass is 19.1. The second kappa shape index (κ2) is 7.50. The fourth-order valence-electron chi connectivity index (χ4n) is 4.31. The van der Waals surface area contributed by atoms with Gasteiger partial charge in [0.15, 0.2) is 0 Å². The van der Waals surface area contributed by atoms with Crippen LogP contribution in [0.4, 0.5) is 4.39 Å². The number of para-hydroxylation sites is 1. The summed E-state index contributed by atoms with van der Waals surface area (Å²) in [7, 11) is 1.33. The van der Waals surface area contributed by atoms with Crippen LogP contribution in [-0.2, 0) is 9.53 Å². The Kier molecular flexibility index (Phi) is 4.66. The van der Waals surface area contributed by atoms with E-state index in [0.29, 0.717) is 24.2 Å². The molecule has 5 rings (SSSR count). The van der Waals surface area contributed by atoms with Crippen LogP contribution in [0.1, 0.15) is 23.3 Å². The van der Waals surface area contributed by atoms with Crippen molar-refractivity contribution in [2.24, 2.45) is 0 Å². The van der Waals surface area contributed by atoms with Crippen LogP contribution >= 0.6 is 0 Å². The number of ether oxygens (including phenoxy) is 1. The summed E-state index contributed by atoms with van der Waals surface area (Å²) in [4.78, 5) is 35.1. The molecule has 7 heteroatoms. The van der Waals surface area contributed by atoms with Crippen molar-refractivity contribution in [2.75, 3.05) is 13.7 Å². The Balaban J connectivity index is 1.70. The van der Waals surface area contributed by atoms with Gasteiger partial charge in [0.05, 0.1) is 18.3 Å². The van der Waals surface area contributed by atoms with E-state index in [0.717, 1.165) is 28.2 Å². The van der Waals surface area contributed by atoms with Gasteiger partial charge in [0, 0.05) is 28.4 Å². The molecule has 1 atom stereocenters. The fourth-order valence-corrected chi connectivity index (χ4v) is 4.31. The number of amides is 1. The lowest BCUT2D eigenvalue weighted by Gasteiger charge is -2.22. The Morgan fingerprint density at radius 3 is 2.68 bits per heavy atom. The molecule has 0 saturated carbocycles. The summed E-state index contributed by atoms with van der Waals surface area (Å²) < 4.78 is 18.4. The van der Waals surface area contributed by atoms with Crippen molar-refractivity contribution < 1.29 is 18.7 Å². The minimum absolute atomic E-state index is 0.243. The number of methoxy groups -OCH3 is 1. The van der Waals surface area contributed by atoms with Crippen LogP contribution in [0.25, 0.3) is 33.1 Å². The number of H-pyrrole nitrogens is 1. The molecule has 1 aliphatic heterocycles. The third kappa shape index (κ3) is 3.22. The first-order valence-corrected chi connectivity index (χ1v) is 10.1. The van der Waals surface area contributed by atoms with Gasteiger partial charge in [-0.3, -0.25) is 4.79 Å². The van der Waals surface area contributed by atoms with Crippen LogP contribution in [0, 0.1) is 5.82 Å². The van der Waals surface area contributed by atoms with Gasteiger partial charge < -0.3 is 14.6 Å². The lowest BCUT2D eigenvalue weighted by Crippen LogP contribution is -2.41. The summed E-state index contributed by atoms with van der Waals surface area (Å²) in [5.41, 5.74) is 3.19. The van der Waals surface area contributed by atoms with Crippen LogP contribution in [0.15, 0.2) is 54.6 Å². The van der Waals surface area contributed by atoms with Crippen molar-refractivity contribution in [3.63, 3.8) is 0 Å². The molecule has 1 fully saturated rings. The molecular formula is C24H20FN3O3. The van der Waals surface area contributed by atoms with E-state index in [2.05, 4.69) is 9.97 Å². The maximum absolute atomic E-state index is 13.5. The van der Waals surface area contributed by atoms with E-state index >= 15 is 0 Å². The summed E-state index contributed by atoms with van der Waals surface area (Å²) in [6.07, 6.45) is 1.30. The highest BCUT2D eigenvalue weighted by Gasteiger charge is 2.36. The van der Waals surface area contributed by atoms with Gasteiger partial charge in [-0.25, -0.2) is 14.2 Å². The van der Waals surface area contributed by atoms with Gasteiger partial charge in [-0.1, -0.05) is 18.2 Å². The first-order chi connectivity index (χ1) is 15.1. The zero-order valence-electron chi connectivity index (χ0n) is 16.9. The highest BCUT2D eigenvalue weighted by molar-refractivity contribution is 6.13. The summed E-state index contributed by atoms with van der Waals surface area (Å²) in [6, 6.07) is 15.0. The van der Waals surface area contributed by atoms with Crippen molar-refractivity contribution in [2.45, 2.75) is 18.9 Å². The molecule has 1 aliphatic rings. The summed E-state index contributed by atoms with van der Waals surface area (Å²) in [5.74, 6) is -1.08. The molecule has 156 valence electrons. The van der Waals surface area contributed by atoms with Gasteiger partial charge in [0.1, 0.15) is 17.6 Å². The van der Waals surface area contributed by atoms with Gasteiger partial charge in [-0.2, -0.15) is 0 Å². The van der Waals surface area contributed by atoms with E-state index < -0.39 is 12.0 Å². The highest BCUT2D eigenvalue weighted by Crippen LogP contribution is 2.33. The van der Waals surface area contributed by atoms with E-state index in [1.807, 2.05) is 24.3 Å². The maximum atomic E-state index is 13.5. The van der Waals surface area contributed by atoms with Crippen molar-refractivity contribution in [3.8, 4) is 11.3 Å². The van der Waals surface area contributed by atoms with E-state index in [9.17, 15) is 14.0 Å². The Labute approximate surface area is 177 Å². The molecule has 0 radical (unpaired) electrons. The molecule has 4 aromatic rings. The predicted octanol–water partition coefficient (Wildman–Crippen LogP) is 4.30. The molecule has 0 spiro atoms. The molecule has 1 saturated heterocycles. The summed E-state index contributed by atoms with van der Waals surface area (Å²) in [6.45, 7) is 0.470.